The van der Waals surface area contributed by atoms with E-state index < -0.39 is 0 Å². The average Bonchev–Trinajstić information content (AvgIpc) is 3.50. The van der Waals surface area contributed by atoms with Crippen LogP contribution in [0.15, 0.2) is 60.7 Å². The van der Waals surface area contributed by atoms with Gasteiger partial charge in [-0.3, -0.25) is 14.4 Å². The Morgan fingerprint density at radius 2 is 1.67 bits per heavy atom. The second kappa shape index (κ2) is 9.79. The molecule has 0 bridgehead atoms. The van der Waals surface area contributed by atoms with Crippen molar-refractivity contribution in [3.05, 3.63) is 71.9 Å². The van der Waals surface area contributed by atoms with Gasteiger partial charge in [-0.05, 0) is 55.3 Å². The van der Waals surface area contributed by atoms with Gasteiger partial charge in [-0.25, -0.2) is 0 Å². The molecule has 3 heterocycles. The number of rotatable bonds is 6. The number of nitrogens with zero attached hydrogens (tertiary/aromatic N) is 4. The lowest BCUT2D eigenvalue weighted by Crippen LogP contribution is -2.42. The van der Waals surface area contributed by atoms with Crippen LogP contribution >= 0.6 is 0 Å². The minimum Gasteiger partial charge on any atom is -0.490 e. The molecule has 0 radical (unpaired) electrons. The monoisotopic (exact) mass is 444 g/mol. The van der Waals surface area contributed by atoms with Crippen molar-refractivity contribution in [2.24, 2.45) is 7.05 Å². The molecule has 6 nitrogen and oxygen atoms in total. The molecule has 1 amide bonds. The summed E-state index contributed by atoms with van der Waals surface area (Å²) in [6.45, 7) is 4.82. The van der Waals surface area contributed by atoms with E-state index in [1.807, 2.05) is 48.3 Å². The molecule has 0 aliphatic carbocycles. The fraction of sp³-hybridized carbons (Fsp3) is 0.407. The predicted octanol–water partition coefficient (Wildman–Crippen LogP) is 4.37. The fourth-order valence-electron chi connectivity index (χ4n) is 4.85. The Labute approximate surface area is 195 Å². The van der Waals surface area contributed by atoms with E-state index in [9.17, 15) is 4.79 Å². The number of aryl methyl sites for hydroxylation is 1. The van der Waals surface area contributed by atoms with E-state index in [1.54, 1.807) is 4.68 Å². The van der Waals surface area contributed by atoms with Crippen molar-refractivity contribution < 1.29 is 9.53 Å². The first-order chi connectivity index (χ1) is 16.2. The van der Waals surface area contributed by atoms with Gasteiger partial charge in [0.25, 0.3) is 5.91 Å². The smallest absolute Gasteiger partial charge is 0.274 e. The Morgan fingerprint density at radius 3 is 2.36 bits per heavy atom. The molecule has 2 saturated heterocycles. The molecular weight excluding hydrogens is 412 g/mol. The third-order valence-corrected chi connectivity index (χ3v) is 6.73. The molecule has 0 unspecified atom stereocenters. The molecule has 2 aliphatic rings. The van der Waals surface area contributed by atoms with Crippen LogP contribution < -0.4 is 4.74 Å². The largest absolute Gasteiger partial charge is 0.490 e. The third-order valence-electron chi connectivity index (χ3n) is 6.73. The van der Waals surface area contributed by atoms with Crippen molar-refractivity contribution in [3.8, 4) is 17.0 Å². The molecule has 6 heteroatoms. The Bertz CT molecular complexity index is 1060. The molecular formula is C27H32N4O2. The van der Waals surface area contributed by atoms with Gasteiger partial charge in [-0.2, -0.15) is 5.10 Å². The number of piperidine rings is 1. The normalized spacial score (nSPS) is 17.4. The van der Waals surface area contributed by atoms with Gasteiger partial charge in [0, 0.05) is 39.5 Å². The van der Waals surface area contributed by atoms with Crippen LogP contribution in [0.1, 0.15) is 41.7 Å². The highest BCUT2D eigenvalue weighted by Crippen LogP contribution is 2.24. The number of benzene rings is 2. The summed E-state index contributed by atoms with van der Waals surface area (Å²) >= 11 is 0. The highest BCUT2D eigenvalue weighted by molar-refractivity contribution is 5.93. The van der Waals surface area contributed by atoms with Gasteiger partial charge in [0.2, 0.25) is 0 Å². The van der Waals surface area contributed by atoms with Gasteiger partial charge < -0.3 is 9.64 Å². The van der Waals surface area contributed by atoms with E-state index in [0.29, 0.717) is 18.8 Å². The van der Waals surface area contributed by atoms with Crippen molar-refractivity contribution in [1.82, 2.24) is 19.6 Å². The van der Waals surface area contributed by atoms with Gasteiger partial charge in [-0.15, -0.1) is 0 Å². The Hall–Kier alpha value is -3.12. The zero-order chi connectivity index (χ0) is 22.6. The van der Waals surface area contributed by atoms with Crippen LogP contribution in [0.25, 0.3) is 11.3 Å². The standard InChI is InChI=1S/C27H32N4O2/c1-29-26(22-7-3-2-4-8-22)19-25(28-29)27(32)31-17-13-24(14-18-31)33-23-11-9-21(10-12-23)20-30-15-5-6-16-30/h2-4,7-12,19,24H,5-6,13-18,20H2,1H3. The summed E-state index contributed by atoms with van der Waals surface area (Å²) in [5.74, 6) is 0.916. The van der Waals surface area contributed by atoms with Crippen molar-refractivity contribution >= 4 is 5.91 Å². The van der Waals surface area contributed by atoms with Crippen LogP contribution in [0.5, 0.6) is 5.75 Å². The highest BCUT2D eigenvalue weighted by atomic mass is 16.5. The molecule has 0 N–H and O–H groups in total. The van der Waals surface area contributed by atoms with Crippen LogP contribution in [-0.4, -0.2) is 57.8 Å². The first-order valence-electron chi connectivity index (χ1n) is 12.0. The summed E-state index contributed by atoms with van der Waals surface area (Å²) in [5, 5.41) is 4.48. The molecule has 2 aliphatic heterocycles. The zero-order valence-electron chi connectivity index (χ0n) is 19.3. The number of amides is 1. The number of carbonyl (C=O) groups is 1. The predicted molar refractivity (Wildman–Crippen MR) is 129 cm³/mol. The molecule has 0 atom stereocenters. The number of hydrogen-bond donors (Lipinski definition) is 0. The molecule has 5 rings (SSSR count). The second-order valence-electron chi connectivity index (χ2n) is 9.14. The molecule has 0 saturated carbocycles. The first-order valence-corrected chi connectivity index (χ1v) is 12.0. The SMILES string of the molecule is Cn1nc(C(=O)N2CCC(Oc3ccc(CN4CCCC4)cc3)CC2)cc1-c1ccccc1. The zero-order valence-corrected chi connectivity index (χ0v) is 19.3. The lowest BCUT2D eigenvalue weighted by molar-refractivity contribution is 0.0589. The summed E-state index contributed by atoms with van der Waals surface area (Å²) in [7, 11) is 1.88. The minimum absolute atomic E-state index is 0.00232. The van der Waals surface area contributed by atoms with Crippen LogP contribution in [0.3, 0.4) is 0 Å². The maximum Gasteiger partial charge on any atom is 0.274 e. The van der Waals surface area contributed by atoms with Gasteiger partial charge >= 0.3 is 0 Å². The van der Waals surface area contributed by atoms with Gasteiger partial charge in [0.1, 0.15) is 11.9 Å². The average molecular weight is 445 g/mol. The molecule has 2 fully saturated rings. The number of ether oxygens (including phenoxy) is 1. The number of carbonyl (C=O) groups excluding carboxylic acids is 1. The Kier molecular flexibility index (Phi) is 6.44. The second-order valence-corrected chi connectivity index (χ2v) is 9.14. The van der Waals surface area contributed by atoms with Crippen molar-refractivity contribution in [2.45, 2.75) is 38.3 Å². The van der Waals surface area contributed by atoms with E-state index in [0.717, 1.165) is 36.4 Å². The summed E-state index contributed by atoms with van der Waals surface area (Å²) in [6, 6.07) is 20.5. The molecule has 33 heavy (non-hydrogen) atoms. The van der Waals surface area contributed by atoms with Crippen molar-refractivity contribution in [3.63, 3.8) is 0 Å². The topological polar surface area (TPSA) is 50.6 Å². The van der Waals surface area contributed by atoms with Crippen LogP contribution in [0.4, 0.5) is 0 Å². The summed E-state index contributed by atoms with van der Waals surface area (Å²) < 4.78 is 8.01. The lowest BCUT2D eigenvalue weighted by atomic mass is 10.1. The Balaban J connectivity index is 1.14. The minimum atomic E-state index is -0.00232. The number of hydrogen-bond acceptors (Lipinski definition) is 4. The maximum absolute atomic E-state index is 13.0. The highest BCUT2D eigenvalue weighted by Gasteiger charge is 2.26. The van der Waals surface area contributed by atoms with E-state index in [1.165, 1.54) is 31.5 Å². The van der Waals surface area contributed by atoms with Crippen LogP contribution in [0.2, 0.25) is 0 Å². The molecule has 172 valence electrons. The molecule has 3 aromatic rings. The Morgan fingerprint density at radius 1 is 0.970 bits per heavy atom. The van der Waals surface area contributed by atoms with Gasteiger partial charge in [0.15, 0.2) is 5.69 Å². The van der Waals surface area contributed by atoms with E-state index in [-0.39, 0.29) is 12.0 Å². The third kappa shape index (κ3) is 5.11. The molecule has 2 aromatic carbocycles. The maximum atomic E-state index is 13.0. The van der Waals surface area contributed by atoms with E-state index in [2.05, 4.69) is 34.3 Å². The summed E-state index contributed by atoms with van der Waals surface area (Å²) in [4.78, 5) is 17.5. The molecule has 0 spiro atoms. The van der Waals surface area contributed by atoms with Gasteiger partial charge in [0.05, 0.1) is 5.69 Å². The first kappa shape index (κ1) is 21.7. The molecule has 1 aromatic heterocycles. The van der Waals surface area contributed by atoms with Crippen molar-refractivity contribution in [1.29, 1.82) is 0 Å². The van der Waals surface area contributed by atoms with Crippen molar-refractivity contribution in [2.75, 3.05) is 26.2 Å². The number of aromatic nitrogens is 2. The fourth-order valence-corrected chi connectivity index (χ4v) is 4.85. The quantitative estimate of drug-likeness (QED) is 0.567. The van der Waals surface area contributed by atoms with Crippen LogP contribution in [-0.2, 0) is 13.6 Å². The van der Waals surface area contributed by atoms with Crippen LogP contribution in [0, 0.1) is 0 Å². The summed E-state index contributed by atoms with van der Waals surface area (Å²) in [6.07, 6.45) is 4.44. The van der Waals surface area contributed by atoms with Gasteiger partial charge in [-0.1, -0.05) is 42.5 Å². The summed E-state index contributed by atoms with van der Waals surface area (Å²) in [5.41, 5.74) is 3.86. The number of likely N-dealkylation sites (tertiary alicyclic amines) is 2. The lowest BCUT2D eigenvalue weighted by Gasteiger charge is -2.31. The van der Waals surface area contributed by atoms with E-state index >= 15 is 0 Å². The van der Waals surface area contributed by atoms with E-state index in [4.69, 9.17) is 4.74 Å².